The Hall–Kier alpha value is -1.95. The van der Waals surface area contributed by atoms with E-state index in [-0.39, 0.29) is 24.2 Å². The maximum atomic E-state index is 13.6. The first-order valence-corrected chi connectivity index (χ1v) is 5.01. The van der Waals surface area contributed by atoms with Crippen LogP contribution in [0.2, 0.25) is 0 Å². The van der Waals surface area contributed by atoms with Gasteiger partial charge in [0.05, 0.1) is 30.3 Å². The molecule has 1 aromatic carbocycles. The summed E-state index contributed by atoms with van der Waals surface area (Å²) in [4.78, 5) is 23.4. The molecule has 5 nitrogen and oxygen atoms in total. The molecule has 0 radical (unpaired) electrons. The third-order valence-electron chi connectivity index (χ3n) is 2.59. The Kier molecular flexibility index (Phi) is 2.81. The first-order chi connectivity index (χ1) is 8.00. The quantitative estimate of drug-likeness (QED) is 0.793. The number of carboxylic acids is 1. The minimum absolute atomic E-state index is 0.0833. The number of benzene rings is 1. The molecular weight excluding hydrogens is 229 g/mol. The normalized spacial score (nSPS) is 19.8. The summed E-state index contributed by atoms with van der Waals surface area (Å²) in [7, 11) is 0. The van der Waals surface area contributed by atoms with Crippen LogP contribution in [0.4, 0.5) is 10.1 Å². The lowest BCUT2D eigenvalue weighted by Crippen LogP contribution is -2.28. The third kappa shape index (κ3) is 1.99. The predicted octanol–water partition coefficient (Wildman–Crippen LogP) is 0.621. The minimum Gasteiger partial charge on any atom is -0.478 e. The number of amides is 1. The van der Waals surface area contributed by atoms with Gasteiger partial charge in [0.1, 0.15) is 5.82 Å². The molecule has 2 N–H and O–H groups in total. The molecular formula is C11H10FNO4. The van der Waals surface area contributed by atoms with Crippen molar-refractivity contribution < 1.29 is 24.2 Å². The predicted molar refractivity (Wildman–Crippen MR) is 56.3 cm³/mol. The van der Waals surface area contributed by atoms with Gasteiger partial charge in [-0.2, -0.15) is 0 Å². The van der Waals surface area contributed by atoms with Crippen molar-refractivity contribution in [3.05, 3.63) is 29.6 Å². The van der Waals surface area contributed by atoms with Gasteiger partial charge in [-0.05, 0) is 12.1 Å². The molecule has 17 heavy (non-hydrogen) atoms. The van der Waals surface area contributed by atoms with Crippen LogP contribution in [0.3, 0.4) is 0 Å². The van der Waals surface area contributed by atoms with Crippen LogP contribution in [0, 0.1) is 5.82 Å². The van der Waals surface area contributed by atoms with Crippen LogP contribution in [-0.2, 0) is 4.79 Å². The summed E-state index contributed by atoms with van der Waals surface area (Å²) in [5.74, 6) is -2.58. The fourth-order valence-corrected chi connectivity index (χ4v) is 1.87. The van der Waals surface area contributed by atoms with E-state index in [0.29, 0.717) is 0 Å². The minimum atomic E-state index is -1.31. The molecule has 1 aromatic rings. The van der Waals surface area contributed by atoms with E-state index in [1.807, 2.05) is 0 Å². The average Bonchev–Trinajstić information content (AvgIpc) is 2.57. The second-order valence-electron chi connectivity index (χ2n) is 3.80. The number of carboxylic acid groups (broad SMARTS) is 1. The number of rotatable bonds is 2. The molecule has 1 unspecified atom stereocenters. The molecule has 0 aliphatic carbocycles. The maximum absolute atomic E-state index is 13.6. The lowest BCUT2D eigenvalue weighted by Gasteiger charge is -2.18. The molecule has 2 rings (SSSR count). The van der Waals surface area contributed by atoms with Crippen molar-refractivity contribution in [2.45, 2.75) is 12.5 Å². The highest BCUT2D eigenvalue weighted by atomic mass is 19.1. The van der Waals surface area contributed by atoms with E-state index < -0.39 is 23.8 Å². The number of carbonyl (C=O) groups is 2. The molecule has 1 amide bonds. The van der Waals surface area contributed by atoms with E-state index >= 15 is 0 Å². The Morgan fingerprint density at radius 1 is 1.47 bits per heavy atom. The monoisotopic (exact) mass is 239 g/mol. The largest absolute Gasteiger partial charge is 0.478 e. The number of hydrogen-bond acceptors (Lipinski definition) is 3. The highest BCUT2D eigenvalue weighted by molar-refractivity contribution is 6.03. The first-order valence-electron chi connectivity index (χ1n) is 5.01. The lowest BCUT2D eigenvalue weighted by molar-refractivity contribution is -0.117. The SMILES string of the molecule is O=C(O)c1cccc(F)c1N1CC(O)CC1=O. The van der Waals surface area contributed by atoms with Crippen LogP contribution in [0.1, 0.15) is 16.8 Å². The molecule has 0 spiro atoms. The van der Waals surface area contributed by atoms with Gasteiger partial charge >= 0.3 is 5.97 Å². The Morgan fingerprint density at radius 2 is 2.18 bits per heavy atom. The van der Waals surface area contributed by atoms with Crippen LogP contribution in [0.25, 0.3) is 0 Å². The number of aromatic carboxylic acids is 1. The van der Waals surface area contributed by atoms with Crippen molar-refractivity contribution in [1.29, 1.82) is 0 Å². The van der Waals surface area contributed by atoms with E-state index in [2.05, 4.69) is 0 Å². The zero-order valence-electron chi connectivity index (χ0n) is 8.76. The van der Waals surface area contributed by atoms with Gasteiger partial charge in [0.15, 0.2) is 0 Å². The summed E-state index contributed by atoms with van der Waals surface area (Å²) in [6, 6.07) is 3.57. The van der Waals surface area contributed by atoms with Crippen LogP contribution in [0.5, 0.6) is 0 Å². The number of aliphatic hydroxyl groups excluding tert-OH is 1. The molecule has 0 aromatic heterocycles. The van der Waals surface area contributed by atoms with Crippen molar-refractivity contribution in [1.82, 2.24) is 0 Å². The molecule has 0 bridgehead atoms. The molecule has 1 aliphatic rings. The highest BCUT2D eigenvalue weighted by Gasteiger charge is 2.33. The van der Waals surface area contributed by atoms with Gasteiger partial charge in [0.2, 0.25) is 5.91 Å². The zero-order valence-corrected chi connectivity index (χ0v) is 8.76. The summed E-state index contributed by atoms with van der Waals surface area (Å²) in [5, 5.41) is 18.3. The van der Waals surface area contributed by atoms with Gasteiger partial charge in [0, 0.05) is 0 Å². The Balaban J connectivity index is 2.51. The molecule has 1 atom stereocenters. The second-order valence-corrected chi connectivity index (χ2v) is 3.80. The van der Waals surface area contributed by atoms with Crippen LogP contribution in [0.15, 0.2) is 18.2 Å². The Morgan fingerprint density at radius 3 is 2.71 bits per heavy atom. The van der Waals surface area contributed by atoms with E-state index in [1.165, 1.54) is 12.1 Å². The summed E-state index contributed by atoms with van der Waals surface area (Å²) in [6.45, 7) is -0.0833. The smallest absolute Gasteiger partial charge is 0.337 e. The van der Waals surface area contributed by atoms with Crippen LogP contribution < -0.4 is 4.90 Å². The van der Waals surface area contributed by atoms with Crippen molar-refractivity contribution in [2.24, 2.45) is 0 Å². The second kappa shape index (κ2) is 4.14. The fraction of sp³-hybridized carbons (Fsp3) is 0.273. The van der Waals surface area contributed by atoms with Crippen molar-refractivity contribution in [3.63, 3.8) is 0 Å². The van der Waals surface area contributed by atoms with Gasteiger partial charge < -0.3 is 15.1 Å². The number of hydrogen-bond donors (Lipinski definition) is 2. The summed E-state index contributed by atoms with van der Waals surface area (Å²) in [6.07, 6.45) is -1.00. The van der Waals surface area contributed by atoms with Crippen LogP contribution >= 0.6 is 0 Å². The van der Waals surface area contributed by atoms with E-state index in [1.54, 1.807) is 0 Å². The molecule has 1 heterocycles. The van der Waals surface area contributed by atoms with Crippen molar-refractivity contribution in [3.8, 4) is 0 Å². The summed E-state index contributed by atoms with van der Waals surface area (Å²) in [5.41, 5.74) is -0.561. The zero-order chi connectivity index (χ0) is 12.6. The summed E-state index contributed by atoms with van der Waals surface area (Å²) < 4.78 is 13.6. The number of nitrogens with zero attached hydrogens (tertiary/aromatic N) is 1. The van der Waals surface area contributed by atoms with E-state index in [4.69, 9.17) is 5.11 Å². The van der Waals surface area contributed by atoms with E-state index in [0.717, 1.165) is 11.0 Å². The number of anilines is 1. The standard InChI is InChI=1S/C11H10FNO4/c12-8-3-1-2-7(11(16)17)10(8)13-5-6(14)4-9(13)15/h1-3,6,14H,4-5H2,(H,16,17). The number of para-hydroxylation sites is 1. The first kappa shape index (κ1) is 11.5. The van der Waals surface area contributed by atoms with Gasteiger partial charge in [-0.15, -0.1) is 0 Å². The Labute approximate surface area is 96.1 Å². The number of β-amino-alcohol motifs (C(OH)–C–C–N with tert-alkyl or cyclic N) is 1. The molecule has 1 saturated heterocycles. The fourth-order valence-electron chi connectivity index (χ4n) is 1.87. The molecule has 0 saturated carbocycles. The number of carbonyl (C=O) groups excluding carboxylic acids is 1. The molecule has 1 fully saturated rings. The third-order valence-corrected chi connectivity index (χ3v) is 2.59. The highest BCUT2D eigenvalue weighted by Crippen LogP contribution is 2.28. The lowest BCUT2D eigenvalue weighted by atomic mass is 10.1. The number of aliphatic hydroxyl groups is 1. The van der Waals surface area contributed by atoms with Crippen molar-refractivity contribution in [2.75, 3.05) is 11.4 Å². The molecule has 90 valence electrons. The van der Waals surface area contributed by atoms with Gasteiger partial charge in [-0.1, -0.05) is 6.07 Å². The average molecular weight is 239 g/mol. The van der Waals surface area contributed by atoms with Crippen LogP contribution in [-0.4, -0.2) is 34.7 Å². The summed E-state index contributed by atoms with van der Waals surface area (Å²) >= 11 is 0. The Bertz CT molecular complexity index is 488. The van der Waals surface area contributed by atoms with Gasteiger partial charge in [-0.3, -0.25) is 4.79 Å². The molecule has 6 heteroatoms. The van der Waals surface area contributed by atoms with Gasteiger partial charge in [-0.25, -0.2) is 9.18 Å². The van der Waals surface area contributed by atoms with E-state index in [9.17, 15) is 19.1 Å². The maximum Gasteiger partial charge on any atom is 0.337 e. The number of halogens is 1. The molecule has 1 aliphatic heterocycles. The topological polar surface area (TPSA) is 77.8 Å². The van der Waals surface area contributed by atoms with Crippen molar-refractivity contribution >= 4 is 17.6 Å². The van der Waals surface area contributed by atoms with Gasteiger partial charge in [0.25, 0.3) is 0 Å².